The van der Waals surface area contributed by atoms with Crippen molar-refractivity contribution in [1.82, 2.24) is 0 Å². The van der Waals surface area contributed by atoms with E-state index in [1.54, 1.807) is 6.92 Å². The van der Waals surface area contributed by atoms with Gasteiger partial charge in [-0.1, -0.05) is 28.1 Å². The molecule has 0 unspecified atom stereocenters. The summed E-state index contributed by atoms with van der Waals surface area (Å²) in [6, 6.07) is 9.56. The molecule has 1 aromatic carbocycles. The van der Waals surface area contributed by atoms with Gasteiger partial charge in [0.25, 0.3) is 0 Å². The highest BCUT2D eigenvalue weighted by molar-refractivity contribution is 9.10. The van der Waals surface area contributed by atoms with Crippen LogP contribution in [-0.4, -0.2) is 0 Å². The molecule has 66 valence electrons. The van der Waals surface area contributed by atoms with Crippen LogP contribution in [0.3, 0.4) is 0 Å². The Hall–Kier alpha value is -1.27. The molecule has 0 aliphatic rings. The van der Waals surface area contributed by atoms with Crippen molar-refractivity contribution in [2.75, 3.05) is 0 Å². The summed E-state index contributed by atoms with van der Waals surface area (Å²) in [5.74, 6) is 0. The predicted octanol–water partition coefficient (Wildman–Crippen LogP) is 2.66. The van der Waals surface area contributed by atoms with Crippen molar-refractivity contribution in [2.24, 2.45) is 5.73 Å². The minimum Gasteiger partial charge on any atom is -0.397 e. The van der Waals surface area contributed by atoms with E-state index in [1.807, 2.05) is 30.3 Å². The Morgan fingerprint density at radius 1 is 1.38 bits per heavy atom. The Morgan fingerprint density at radius 3 is 2.38 bits per heavy atom. The predicted molar refractivity (Wildman–Crippen MR) is 56.5 cm³/mol. The van der Waals surface area contributed by atoms with E-state index in [9.17, 15) is 0 Å². The standard InChI is InChI=1S/C10H9BrN2/c1-7(6-12)10(13)8-2-4-9(11)5-3-8/h2-5H,13H2,1H3/b10-7-. The van der Waals surface area contributed by atoms with E-state index in [-0.39, 0.29) is 0 Å². The molecule has 0 heterocycles. The second-order valence-electron chi connectivity index (χ2n) is 2.66. The third-order valence-corrected chi connectivity index (χ3v) is 2.26. The Morgan fingerprint density at radius 2 is 1.92 bits per heavy atom. The molecule has 1 aromatic rings. The molecule has 0 fully saturated rings. The van der Waals surface area contributed by atoms with Gasteiger partial charge in [0, 0.05) is 10.0 Å². The zero-order valence-electron chi connectivity index (χ0n) is 7.21. The Kier molecular flexibility index (Phi) is 3.10. The number of halogens is 1. The summed E-state index contributed by atoms with van der Waals surface area (Å²) < 4.78 is 0.999. The SMILES string of the molecule is C/C(C#N)=C(/N)c1ccc(Br)cc1. The van der Waals surface area contributed by atoms with E-state index in [1.165, 1.54) is 0 Å². The number of hydrogen-bond acceptors (Lipinski definition) is 2. The van der Waals surface area contributed by atoms with Crippen molar-refractivity contribution in [1.29, 1.82) is 5.26 Å². The minimum absolute atomic E-state index is 0.537. The number of nitriles is 1. The number of rotatable bonds is 1. The van der Waals surface area contributed by atoms with Crippen LogP contribution in [0.5, 0.6) is 0 Å². The van der Waals surface area contributed by atoms with E-state index < -0.39 is 0 Å². The Bertz CT molecular complexity index is 371. The summed E-state index contributed by atoms with van der Waals surface area (Å²) in [4.78, 5) is 0. The maximum atomic E-state index is 8.62. The normalized spacial score (nSPS) is 11.8. The summed E-state index contributed by atoms with van der Waals surface area (Å²) in [7, 11) is 0. The first-order chi connectivity index (χ1) is 6.15. The first-order valence-electron chi connectivity index (χ1n) is 3.77. The van der Waals surface area contributed by atoms with Gasteiger partial charge in [-0.2, -0.15) is 5.26 Å². The van der Waals surface area contributed by atoms with Gasteiger partial charge < -0.3 is 5.73 Å². The van der Waals surface area contributed by atoms with Gasteiger partial charge >= 0.3 is 0 Å². The van der Waals surface area contributed by atoms with Crippen LogP contribution in [0.4, 0.5) is 0 Å². The zero-order valence-corrected chi connectivity index (χ0v) is 8.80. The van der Waals surface area contributed by atoms with Gasteiger partial charge in [-0.3, -0.25) is 0 Å². The van der Waals surface area contributed by atoms with Gasteiger partial charge in [-0.15, -0.1) is 0 Å². The van der Waals surface area contributed by atoms with Gasteiger partial charge in [0.1, 0.15) is 0 Å². The Balaban J connectivity index is 3.12. The van der Waals surface area contributed by atoms with E-state index in [0.29, 0.717) is 11.3 Å². The van der Waals surface area contributed by atoms with Crippen molar-refractivity contribution in [2.45, 2.75) is 6.92 Å². The summed E-state index contributed by atoms with van der Waals surface area (Å²) in [5.41, 5.74) is 7.70. The van der Waals surface area contributed by atoms with Crippen molar-refractivity contribution < 1.29 is 0 Å². The highest BCUT2D eigenvalue weighted by atomic mass is 79.9. The summed E-state index contributed by atoms with van der Waals surface area (Å²) >= 11 is 3.33. The smallest absolute Gasteiger partial charge is 0.0965 e. The van der Waals surface area contributed by atoms with Crippen LogP contribution in [0.1, 0.15) is 12.5 Å². The molecule has 0 aliphatic heterocycles. The molecular formula is C10H9BrN2. The molecule has 0 aliphatic carbocycles. The van der Waals surface area contributed by atoms with E-state index in [4.69, 9.17) is 11.0 Å². The van der Waals surface area contributed by atoms with Crippen molar-refractivity contribution in [3.8, 4) is 6.07 Å². The molecule has 3 heteroatoms. The lowest BCUT2D eigenvalue weighted by atomic mass is 10.1. The second-order valence-corrected chi connectivity index (χ2v) is 3.57. The molecular weight excluding hydrogens is 228 g/mol. The average molecular weight is 237 g/mol. The van der Waals surface area contributed by atoms with Crippen molar-refractivity contribution in [3.05, 3.63) is 39.9 Å². The highest BCUT2D eigenvalue weighted by Gasteiger charge is 1.99. The van der Waals surface area contributed by atoms with Gasteiger partial charge in [0.05, 0.1) is 11.8 Å². The first kappa shape index (κ1) is 9.82. The first-order valence-corrected chi connectivity index (χ1v) is 4.57. The fourth-order valence-electron chi connectivity index (χ4n) is 0.906. The van der Waals surface area contributed by atoms with Crippen LogP contribution in [0, 0.1) is 11.3 Å². The average Bonchev–Trinajstić information content (AvgIpc) is 2.17. The van der Waals surface area contributed by atoms with Gasteiger partial charge in [0.15, 0.2) is 0 Å². The third kappa shape index (κ3) is 2.33. The largest absolute Gasteiger partial charge is 0.397 e. The second kappa shape index (κ2) is 4.11. The fraction of sp³-hybridized carbons (Fsp3) is 0.100. The molecule has 0 saturated heterocycles. The molecule has 0 atom stereocenters. The minimum atomic E-state index is 0.537. The number of allylic oxidation sites excluding steroid dienone is 1. The molecule has 13 heavy (non-hydrogen) atoms. The molecule has 0 amide bonds. The van der Waals surface area contributed by atoms with Crippen LogP contribution < -0.4 is 5.73 Å². The summed E-state index contributed by atoms with van der Waals surface area (Å²) in [5, 5.41) is 8.62. The summed E-state index contributed by atoms with van der Waals surface area (Å²) in [6.45, 7) is 1.71. The molecule has 0 radical (unpaired) electrons. The quantitative estimate of drug-likeness (QED) is 0.763. The van der Waals surface area contributed by atoms with Crippen LogP contribution in [0.25, 0.3) is 5.70 Å². The van der Waals surface area contributed by atoms with Crippen molar-refractivity contribution >= 4 is 21.6 Å². The van der Waals surface area contributed by atoms with E-state index >= 15 is 0 Å². The molecule has 0 aromatic heterocycles. The van der Waals surface area contributed by atoms with E-state index in [0.717, 1.165) is 10.0 Å². The molecule has 0 spiro atoms. The molecule has 2 N–H and O–H groups in total. The molecule has 0 bridgehead atoms. The van der Waals surface area contributed by atoms with Gasteiger partial charge in [-0.05, 0) is 24.6 Å². The van der Waals surface area contributed by atoms with Crippen LogP contribution in [-0.2, 0) is 0 Å². The van der Waals surface area contributed by atoms with Crippen LogP contribution >= 0.6 is 15.9 Å². The van der Waals surface area contributed by atoms with Gasteiger partial charge in [0.2, 0.25) is 0 Å². The number of nitrogens with two attached hydrogens (primary N) is 1. The maximum Gasteiger partial charge on any atom is 0.0965 e. The molecule has 2 nitrogen and oxygen atoms in total. The lowest BCUT2D eigenvalue weighted by Crippen LogP contribution is -1.98. The monoisotopic (exact) mass is 236 g/mol. The zero-order chi connectivity index (χ0) is 9.84. The van der Waals surface area contributed by atoms with Crippen molar-refractivity contribution in [3.63, 3.8) is 0 Å². The number of benzene rings is 1. The number of hydrogen-bond donors (Lipinski definition) is 1. The van der Waals surface area contributed by atoms with Crippen LogP contribution in [0.2, 0.25) is 0 Å². The Labute approximate surface area is 85.8 Å². The van der Waals surface area contributed by atoms with Crippen LogP contribution in [0.15, 0.2) is 34.3 Å². The van der Waals surface area contributed by atoms with Gasteiger partial charge in [-0.25, -0.2) is 0 Å². The molecule has 1 rings (SSSR count). The highest BCUT2D eigenvalue weighted by Crippen LogP contribution is 2.16. The fourth-order valence-corrected chi connectivity index (χ4v) is 1.17. The lowest BCUT2D eigenvalue weighted by Gasteiger charge is -2.01. The topological polar surface area (TPSA) is 49.8 Å². The molecule has 0 saturated carbocycles. The number of nitrogens with zero attached hydrogens (tertiary/aromatic N) is 1. The lowest BCUT2D eigenvalue weighted by molar-refractivity contribution is 1.39. The third-order valence-electron chi connectivity index (χ3n) is 1.73. The summed E-state index contributed by atoms with van der Waals surface area (Å²) in [6.07, 6.45) is 0. The maximum absolute atomic E-state index is 8.62. The van der Waals surface area contributed by atoms with E-state index in [2.05, 4.69) is 15.9 Å².